The summed E-state index contributed by atoms with van der Waals surface area (Å²) in [5.74, 6) is -0.645. The number of nitrogens with zero attached hydrogens (tertiary/aromatic N) is 5. The third-order valence-corrected chi connectivity index (χ3v) is 9.79. The van der Waals surface area contributed by atoms with Gasteiger partial charge in [-0.2, -0.15) is 0 Å². The number of ether oxygens (including phenoxy) is 2. The molecule has 3 aliphatic rings. The van der Waals surface area contributed by atoms with Crippen LogP contribution >= 0.6 is 0 Å². The Hall–Kier alpha value is -5.14. The van der Waals surface area contributed by atoms with E-state index in [1.807, 2.05) is 35.8 Å². The zero-order valence-electron chi connectivity index (χ0n) is 28.7. The molecule has 2 aromatic carbocycles. The number of likely N-dealkylation sites (tertiary alicyclic amines) is 1. The highest BCUT2D eigenvalue weighted by atomic mass is 16.5. The Bertz CT molecular complexity index is 1790. The van der Waals surface area contributed by atoms with Crippen molar-refractivity contribution in [1.82, 2.24) is 14.5 Å². The number of nitrogens with one attached hydrogen (secondary N) is 1. The Kier molecular flexibility index (Phi) is 10.5. The van der Waals surface area contributed by atoms with Gasteiger partial charge in [-0.05, 0) is 88.8 Å². The van der Waals surface area contributed by atoms with Crippen LogP contribution in [0.5, 0.6) is 0 Å². The van der Waals surface area contributed by atoms with Crippen molar-refractivity contribution < 1.29 is 28.7 Å². The number of hydrogen-bond donors (Lipinski definition) is 3. The summed E-state index contributed by atoms with van der Waals surface area (Å²) < 4.78 is 12.4. The zero-order chi connectivity index (χ0) is 35.4. The molecule has 2 unspecified atom stereocenters. The number of aromatic nitrogens is 2. The molecule has 14 heteroatoms. The summed E-state index contributed by atoms with van der Waals surface area (Å²) in [5, 5.41) is 3.12. The largest absolute Gasteiger partial charge is 0.466 e. The molecule has 0 aliphatic carbocycles. The maximum Gasteiger partial charge on any atom is 0.310 e. The number of hydrogen-bond acceptors (Lipinski definition) is 9. The van der Waals surface area contributed by atoms with Gasteiger partial charge in [-0.1, -0.05) is 0 Å². The van der Waals surface area contributed by atoms with Gasteiger partial charge in [0.2, 0.25) is 5.91 Å². The predicted molar refractivity (Wildman–Crippen MR) is 190 cm³/mol. The van der Waals surface area contributed by atoms with Gasteiger partial charge in [-0.25, -0.2) is 4.98 Å². The molecule has 0 radical (unpaired) electrons. The van der Waals surface area contributed by atoms with E-state index in [9.17, 15) is 19.2 Å². The molecule has 0 spiro atoms. The van der Waals surface area contributed by atoms with Gasteiger partial charge >= 0.3 is 11.9 Å². The van der Waals surface area contributed by atoms with E-state index in [0.717, 1.165) is 16.8 Å². The van der Waals surface area contributed by atoms with E-state index < -0.39 is 6.04 Å². The molecule has 4 heterocycles. The summed E-state index contributed by atoms with van der Waals surface area (Å²) in [6.07, 6.45) is 3.79. The van der Waals surface area contributed by atoms with Crippen molar-refractivity contribution >= 4 is 52.1 Å². The van der Waals surface area contributed by atoms with Crippen molar-refractivity contribution in [2.45, 2.75) is 58.4 Å². The van der Waals surface area contributed by atoms with Gasteiger partial charge in [0.25, 0.3) is 5.91 Å². The molecule has 0 bridgehead atoms. The molecule has 2 saturated heterocycles. The molecule has 14 nitrogen and oxygen atoms in total. The highest BCUT2D eigenvalue weighted by molar-refractivity contribution is 6.03. The van der Waals surface area contributed by atoms with Crippen molar-refractivity contribution in [2.75, 3.05) is 56.2 Å². The van der Waals surface area contributed by atoms with E-state index in [2.05, 4.69) is 15.2 Å². The maximum atomic E-state index is 13.9. The van der Waals surface area contributed by atoms with Gasteiger partial charge in [-0.15, -0.1) is 0 Å². The van der Waals surface area contributed by atoms with Crippen LogP contribution in [0.3, 0.4) is 0 Å². The number of rotatable bonds is 10. The number of carbonyl (C=O) groups is 4. The number of benzene rings is 2. The lowest BCUT2D eigenvalue weighted by Crippen LogP contribution is -2.42. The van der Waals surface area contributed by atoms with Gasteiger partial charge in [0, 0.05) is 49.5 Å². The molecular formula is C36H46N8O6. The average molecular weight is 687 g/mol. The van der Waals surface area contributed by atoms with Crippen molar-refractivity contribution in [1.29, 1.82) is 0 Å². The molecule has 3 aliphatic heterocycles. The number of guanidine groups is 1. The molecule has 50 heavy (non-hydrogen) atoms. The number of esters is 2. The molecular weight excluding hydrogens is 640 g/mol. The number of imidazole rings is 1. The van der Waals surface area contributed by atoms with Crippen LogP contribution in [0.2, 0.25) is 0 Å². The number of nitrogens with two attached hydrogens (primary N) is 2. The molecule has 2 atom stereocenters. The molecule has 3 aromatic rings. The van der Waals surface area contributed by atoms with Crippen LogP contribution in [-0.2, 0) is 23.9 Å². The van der Waals surface area contributed by atoms with Crippen LogP contribution in [0.1, 0.15) is 68.8 Å². The van der Waals surface area contributed by atoms with Gasteiger partial charge < -0.3 is 40.6 Å². The van der Waals surface area contributed by atoms with Gasteiger partial charge in [0.15, 0.2) is 5.96 Å². The summed E-state index contributed by atoms with van der Waals surface area (Å²) in [7, 11) is 0. The van der Waals surface area contributed by atoms with Crippen molar-refractivity contribution in [3.63, 3.8) is 0 Å². The molecule has 1 aromatic heterocycles. The summed E-state index contributed by atoms with van der Waals surface area (Å²) in [6, 6.07) is 10.7. The fourth-order valence-corrected chi connectivity index (χ4v) is 7.28. The monoisotopic (exact) mass is 686 g/mol. The van der Waals surface area contributed by atoms with Crippen molar-refractivity contribution in [2.24, 2.45) is 28.3 Å². The van der Waals surface area contributed by atoms with E-state index in [-0.39, 0.29) is 41.5 Å². The standard InChI is InChI=1S/C36H46N8O6/c1-3-49-34(47)22-13-17-42(18-14-22)25-10-11-27-26(20-25)31-40-28-19-23(33(46)43-16-6-7-24(21-43)35(48)50-4-2)9-12-29(28)44(31)30(32(45)41-27)8-5-15-39-36(37)38/h9-12,19-20,22,24,30H,3-8,13-18,21H2,1-2H3,(H,41,45)(H4,37,38,39). The molecule has 266 valence electrons. The molecule has 0 saturated carbocycles. The molecule has 2 amide bonds. The predicted octanol–water partition coefficient (Wildman–Crippen LogP) is 3.44. The molecule has 5 N–H and O–H groups in total. The van der Waals surface area contributed by atoms with Crippen LogP contribution in [0.4, 0.5) is 11.4 Å². The Morgan fingerprint density at radius 3 is 2.42 bits per heavy atom. The Morgan fingerprint density at radius 1 is 0.960 bits per heavy atom. The Balaban J connectivity index is 1.34. The zero-order valence-corrected chi connectivity index (χ0v) is 28.7. The van der Waals surface area contributed by atoms with Crippen molar-refractivity contribution in [3.8, 4) is 11.4 Å². The fraction of sp³-hybridized carbons (Fsp3) is 0.500. The first-order valence-electron chi connectivity index (χ1n) is 17.6. The summed E-state index contributed by atoms with van der Waals surface area (Å²) in [6.45, 7) is 6.88. The van der Waals surface area contributed by atoms with Crippen LogP contribution in [-0.4, -0.2) is 90.1 Å². The van der Waals surface area contributed by atoms with Crippen LogP contribution in [0.25, 0.3) is 22.4 Å². The van der Waals surface area contributed by atoms with Crippen LogP contribution < -0.4 is 21.7 Å². The third kappa shape index (κ3) is 7.24. The second-order valence-corrected chi connectivity index (χ2v) is 13.0. The summed E-state index contributed by atoms with van der Waals surface area (Å²) in [5.41, 5.74) is 15.2. The maximum absolute atomic E-state index is 13.9. The SMILES string of the molecule is CCOC(=O)C1CCN(c2ccc3c(c2)-c2nc4cc(C(=O)N5CCCC(C(=O)OCC)C5)ccc4n2C(CCCN=C(N)N)C(=O)N3)CC1. The van der Waals surface area contributed by atoms with E-state index >= 15 is 0 Å². The minimum absolute atomic E-state index is 0.00482. The smallest absolute Gasteiger partial charge is 0.310 e. The minimum atomic E-state index is -0.616. The average Bonchev–Trinajstić information content (AvgIpc) is 3.44. The topological polar surface area (TPSA) is 187 Å². The molecule has 2 fully saturated rings. The fourth-order valence-electron chi connectivity index (χ4n) is 7.28. The lowest BCUT2D eigenvalue weighted by atomic mass is 9.96. The first-order chi connectivity index (χ1) is 24.2. The van der Waals surface area contributed by atoms with Crippen LogP contribution in [0, 0.1) is 11.8 Å². The van der Waals surface area contributed by atoms with E-state index in [1.54, 1.807) is 24.0 Å². The first-order valence-corrected chi connectivity index (χ1v) is 17.6. The highest BCUT2D eigenvalue weighted by Gasteiger charge is 2.34. The second kappa shape index (κ2) is 15.2. The van der Waals surface area contributed by atoms with E-state index in [1.165, 1.54) is 0 Å². The summed E-state index contributed by atoms with van der Waals surface area (Å²) in [4.78, 5) is 65.5. The van der Waals surface area contributed by atoms with Gasteiger partial charge in [-0.3, -0.25) is 24.2 Å². The minimum Gasteiger partial charge on any atom is -0.466 e. The Morgan fingerprint density at radius 2 is 1.70 bits per heavy atom. The number of fused-ring (bicyclic) bond motifs is 5. The van der Waals surface area contributed by atoms with E-state index in [4.69, 9.17) is 25.9 Å². The number of amides is 2. The lowest BCUT2D eigenvalue weighted by Gasteiger charge is -2.33. The van der Waals surface area contributed by atoms with Crippen LogP contribution in [0.15, 0.2) is 41.4 Å². The number of anilines is 2. The second-order valence-electron chi connectivity index (χ2n) is 13.0. The lowest BCUT2D eigenvalue weighted by molar-refractivity contribution is -0.150. The van der Waals surface area contributed by atoms with Gasteiger partial charge in [0.1, 0.15) is 11.9 Å². The Labute approximate surface area is 291 Å². The normalized spacial score (nSPS) is 19.2. The quantitative estimate of drug-likeness (QED) is 0.123. The summed E-state index contributed by atoms with van der Waals surface area (Å²) >= 11 is 0. The number of carbonyl (C=O) groups excluding carboxylic acids is 4. The van der Waals surface area contributed by atoms with E-state index in [0.29, 0.717) is 107 Å². The van der Waals surface area contributed by atoms with Crippen molar-refractivity contribution in [3.05, 3.63) is 42.0 Å². The third-order valence-electron chi connectivity index (χ3n) is 9.79. The van der Waals surface area contributed by atoms with Gasteiger partial charge in [0.05, 0.1) is 41.8 Å². The highest BCUT2D eigenvalue weighted by Crippen LogP contribution is 2.40. The first kappa shape index (κ1) is 34.7. The number of piperidine rings is 2. The number of aliphatic imine (C=N–C) groups is 1. The molecule has 6 rings (SSSR count).